The van der Waals surface area contributed by atoms with Crippen LogP contribution in [0.15, 0.2) is 11.1 Å². The van der Waals surface area contributed by atoms with Gasteiger partial charge in [0.2, 0.25) is 10.0 Å². The maximum absolute atomic E-state index is 12.1. The van der Waals surface area contributed by atoms with E-state index in [2.05, 4.69) is 19.8 Å². The van der Waals surface area contributed by atoms with Gasteiger partial charge in [-0.25, -0.2) is 13.1 Å². The van der Waals surface area contributed by atoms with E-state index in [1.807, 2.05) is 6.92 Å². The number of hydrogen-bond donors (Lipinski definition) is 3. The molecule has 0 saturated carbocycles. The predicted molar refractivity (Wildman–Crippen MR) is 70.0 cm³/mol. The fourth-order valence-electron chi connectivity index (χ4n) is 2.04. The maximum Gasteiger partial charge on any atom is 0.246 e. The van der Waals surface area contributed by atoms with Crippen molar-refractivity contribution >= 4 is 15.8 Å². The van der Waals surface area contributed by atoms with Gasteiger partial charge in [0.25, 0.3) is 0 Å². The monoisotopic (exact) mass is 289 g/mol. The SMILES string of the molecule is CC(CN1CCOCC1)NS(=O)(=O)c1cn[nH]c1N. The van der Waals surface area contributed by atoms with Crippen LogP contribution in [0.2, 0.25) is 0 Å². The topological polar surface area (TPSA) is 113 Å². The largest absolute Gasteiger partial charge is 0.383 e. The average Bonchev–Trinajstić information content (AvgIpc) is 2.76. The molecule has 0 spiro atoms. The van der Waals surface area contributed by atoms with Crippen LogP contribution in [0.5, 0.6) is 0 Å². The number of aromatic amines is 1. The summed E-state index contributed by atoms with van der Waals surface area (Å²) in [5.41, 5.74) is 5.52. The van der Waals surface area contributed by atoms with Crippen molar-refractivity contribution in [2.75, 3.05) is 38.6 Å². The number of rotatable bonds is 5. The number of sulfonamides is 1. The van der Waals surface area contributed by atoms with Crippen LogP contribution in [-0.2, 0) is 14.8 Å². The van der Waals surface area contributed by atoms with Gasteiger partial charge in [0, 0.05) is 25.7 Å². The molecule has 1 atom stereocenters. The number of H-pyrrole nitrogens is 1. The molecule has 1 aromatic rings. The summed E-state index contributed by atoms with van der Waals surface area (Å²) < 4.78 is 32.0. The van der Waals surface area contributed by atoms with Crippen LogP contribution in [0.4, 0.5) is 5.82 Å². The summed E-state index contributed by atoms with van der Waals surface area (Å²) in [5.74, 6) is 0.0473. The van der Waals surface area contributed by atoms with E-state index in [0.29, 0.717) is 19.8 Å². The highest BCUT2D eigenvalue weighted by Gasteiger charge is 2.23. The van der Waals surface area contributed by atoms with Gasteiger partial charge in [0.15, 0.2) is 0 Å². The molecule has 108 valence electrons. The van der Waals surface area contributed by atoms with Gasteiger partial charge in [-0.15, -0.1) is 0 Å². The van der Waals surface area contributed by atoms with Crippen molar-refractivity contribution in [1.82, 2.24) is 19.8 Å². The number of anilines is 1. The summed E-state index contributed by atoms with van der Waals surface area (Å²) in [7, 11) is -3.62. The number of aromatic nitrogens is 2. The molecule has 9 heteroatoms. The number of nitrogens with two attached hydrogens (primary N) is 1. The zero-order valence-corrected chi connectivity index (χ0v) is 11.6. The van der Waals surface area contributed by atoms with E-state index in [4.69, 9.17) is 10.5 Å². The van der Waals surface area contributed by atoms with Gasteiger partial charge < -0.3 is 10.5 Å². The lowest BCUT2D eigenvalue weighted by Crippen LogP contribution is -2.45. The van der Waals surface area contributed by atoms with Crippen molar-refractivity contribution in [3.63, 3.8) is 0 Å². The van der Waals surface area contributed by atoms with Crippen LogP contribution in [0.1, 0.15) is 6.92 Å². The van der Waals surface area contributed by atoms with Crippen LogP contribution in [0.25, 0.3) is 0 Å². The molecule has 1 saturated heterocycles. The van der Waals surface area contributed by atoms with E-state index < -0.39 is 10.0 Å². The molecule has 1 aliphatic heterocycles. The molecule has 8 nitrogen and oxygen atoms in total. The van der Waals surface area contributed by atoms with E-state index in [0.717, 1.165) is 13.1 Å². The molecule has 0 aliphatic carbocycles. The van der Waals surface area contributed by atoms with E-state index in [-0.39, 0.29) is 16.8 Å². The van der Waals surface area contributed by atoms with Gasteiger partial charge >= 0.3 is 0 Å². The summed E-state index contributed by atoms with van der Waals surface area (Å²) in [4.78, 5) is 2.15. The van der Waals surface area contributed by atoms with Crippen molar-refractivity contribution < 1.29 is 13.2 Å². The number of ether oxygens (including phenoxy) is 1. The summed E-state index contributed by atoms with van der Waals surface area (Å²) in [6, 6.07) is -0.211. The van der Waals surface area contributed by atoms with Crippen LogP contribution in [0.3, 0.4) is 0 Å². The van der Waals surface area contributed by atoms with Crippen LogP contribution < -0.4 is 10.5 Å². The van der Waals surface area contributed by atoms with Gasteiger partial charge in [-0.05, 0) is 6.92 Å². The quantitative estimate of drug-likeness (QED) is 0.640. The third kappa shape index (κ3) is 3.66. The molecule has 4 N–H and O–H groups in total. The number of nitrogens with one attached hydrogen (secondary N) is 2. The van der Waals surface area contributed by atoms with Crippen molar-refractivity contribution in [2.24, 2.45) is 0 Å². The molecule has 2 rings (SSSR count). The Bertz CT molecular complexity index is 509. The number of morpholine rings is 1. The molecular formula is C10H19N5O3S. The van der Waals surface area contributed by atoms with Crippen molar-refractivity contribution in [1.29, 1.82) is 0 Å². The standard InChI is InChI=1S/C10H19N5O3S/c1-8(7-15-2-4-18-5-3-15)14-19(16,17)9-6-12-13-10(9)11/h6,8,14H,2-5,7H2,1H3,(H3,11,12,13). The third-order valence-electron chi connectivity index (χ3n) is 2.91. The molecule has 1 unspecified atom stereocenters. The molecule has 1 aromatic heterocycles. The zero-order chi connectivity index (χ0) is 13.9. The summed E-state index contributed by atoms with van der Waals surface area (Å²) in [6.07, 6.45) is 1.21. The summed E-state index contributed by atoms with van der Waals surface area (Å²) >= 11 is 0. The Balaban J connectivity index is 1.94. The van der Waals surface area contributed by atoms with E-state index in [1.165, 1.54) is 6.20 Å². The molecule has 0 radical (unpaired) electrons. The van der Waals surface area contributed by atoms with Gasteiger partial charge in [-0.3, -0.25) is 10.00 Å². The molecule has 0 bridgehead atoms. The molecular weight excluding hydrogens is 270 g/mol. The molecule has 2 heterocycles. The van der Waals surface area contributed by atoms with Gasteiger partial charge in [-0.1, -0.05) is 0 Å². The van der Waals surface area contributed by atoms with E-state index >= 15 is 0 Å². The second-order valence-corrected chi connectivity index (χ2v) is 6.27. The normalized spacial score (nSPS) is 19.4. The van der Waals surface area contributed by atoms with Crippen molar-refractivity contribution in [3.05, 3.63) is 6.20 Å². The smallest absolute Gasteiger partial charge is 0.246 e. The second-order valence-electron chi connectivity index (χ2n) is 4.58. The fraction of sp³-hybridized carbons (Fsp3) is 0.700. The minimum Gasteiger partial charge on any atom is -0.383 e. The number of hydrogen-bond acceptors (Lipinski definition) is 6. The minimum atomic E-state index is -3.62. The summed E-state index contributed by atoms with van der Waals surface area (Å²) in [5, 5.41) is 6.03. The highest BCUT2D eigenvalue weighted by atomic mass is 32.2. The first-order valence-electron chi connectivity index (χ1n) is 6.10. The van der Waals surface area contributed by atoms with E-state index in [1.54, 1.807) is 0 Å². The molecule has 1 fully saturated rings. The Hall–Kier alpha value is -1.16. The number of nitrogens with zero attached hydrogens (tertiary/aromatic N) is 2. The van der Waals surface area contributed by atoms with Crippen LogP contribution in [-0.4, -0.2) is 62.4 Å². The molecule has 0 aromatic carbocycles. The van der Waals surface area contributed by atoms with Crippen molar-refractivity contribution in [3.8, 4) is 0 Å². The Morgan fingerprint density at radius 3 is 2.84 bits per heavy atom. The van der Waals surface area contributed by atoms with Gasteiger partial charge in [0.1, 0.15) is 10.7 Å². The van der Waals surface area contributed by atoms with Crippen molar-refractivity contribution in [2.45, 2.75) is 17.9 Å². The third-order valence-corrected chi connectivity index (χ3v) is 4.53. The lowest BCUT2D eigenvalue weighted by Gasteiger charge is -2.29. The van der Waals surface area contributed by atoms with E-state index in [9.17, 15) is 8.42 Å². The highest BCUT2D eigenvalue weighted by molar-refractivity contribution is 7.89. The second kappa shape index (κ2) is 5.87. The van der Waals surface area contributed by atoms with Gasteiger partial charge in [-0.2, -0.15) is 5.10 Å². The predicted octanol–water partition coefficient (Wildman–Crippen LogP) is -1.01. The maximum atomic E-state index is 12.1. The lowest BCUT2D eigenvalue weighted by molar-refractivity contribution is 0.0354. The number of nitrogen functional groups attached to an aromatic ring is 1. The average molecular weight is 289 g/mol. The first-order valence-corrected chi connectivity index (χ1v) is 7.58. The molecule has 0 amide bonds. The Morgan fingerprint density at radius 1 is 1.58 bits per heavy atom. The summed E-state index contributed by atoms with van der Waals surface area (Å²) in [6.45, 7) is 5.48. The Morgan fingerprint density at radius 2 is 2.26 bits per heavy atom. The Kier molecular flexibility index (Phi) is 4.40. The Labute approximate surface area is 112 Å². The highest BCUT2D eigenvalue weighted by Crippen LogP contribution is 2.14. The fourth-order valence-corrected chi connectivity index (χ4v) is 3.29. The first-order chi connectivity index (χ1) is 8.99. The van der Waals surface area contributed by atoms with Crippen LogP contribution in [0, 0.1) is 0 Å². The zero-order valence-electron chi connectivity index (χ0n) is 10.8. The van der Waals surface area contributed by atoms with Gasteiger partial charge in [0.05, 0.1) is 19.4 Å². The lowest BCUT2D eigenvalue weighted by atomic mass is 10.3. The first kappa shape index (κ1) is 14.3. The minimum absolute atomic E-state index is 0.0127. The van der Waals surface area contributed by atoms with Crippen LogP contribution >= 0.6 is 0 Å². The molecule has 19 heavy (non-hydrogen) atoms. The molecule has 1 aliphatic rings.